The molecular weight excluding hydrogens is 395 g/mol. The maximum absolute atomic E-state index is 12.5. The molecule has 0 unspecified atom stereocenters. The van der Waals surface area contributed by atoms with Crippen molar-refractivity contribution < 1.29 is 14.3 Å². The summed E-state index contributed by atoms with van der Waals surface area (Å²) in [6.07, 6.45) is 1.60. The van der Waals surface area contributed by atoms with Crippen LogP contribution in [0.5, 0.6) is 5.75 Å². The van der Waals surface area contributed by atoms with Gasteiger partial charge in [0.05, 0.1) is 5.57 Å². The quantitative estimate of drug-likeness (QED) is 0.390. The van der Waals surface area contributed by atoms with Crippen LogP contribution < -0.4 is 4.74 Å². The zero-order valence-corrected chi connectivity index (χ0v) is 16.1. The number of Topliss-reactive ketones (excluding diaryl/α,β-unsaturated/α-hetero) is 2. The number of halogens is 2. The molecule has 4 rings (SSSR count). The molecule has 0 fully saturated rings. The van der Waals surface area contributed by atoms with Gasteiger partial charge >= 0.3 is 0 Å². The number of carbonyl (C=O) groups is 2. The van der Waals surface area contributed by atoms with Crippen LogP contribution in [0.2, 0.25) is 10.0 Å². The number of ether oxygens (including phenoxy) is 1. The van der Waals surface area contributed by atoms with Crippen LogP contribution in [0.1, 0.15) is 31.8 Å². The maximum atomic E-state index is 12.5. The lowest BCUT2D eigenvalue weighted by Gasteiger charge is -2.09. The summed E-state index contributed by atoms with van der Waals surface area (Å²) < 4.78 is 5.81. The van der Waals surface area contributed by atoms with Crippen molar-refractivity contribution in [3.8, 4) is 5.75 Å². The van der Waals surface area contributed by atoms with E-state index in [0.29, 0.717) is 32.5 Å². The smallest absolute Gasteiger partial charge is 0.197 e. The SMILES string of the molecule is O=C1C(=Cc2cccc(OCc3ccc(Cl)cc3Cl)c2)C(=O)c2ccccc21. The van der Waals surface area contributed by atoms with Crippen molar-refractivity contribution in [2.75, 3.05) is 0 Å². The van der Waals surface area contributed by atoms with E-state index >= 15 is 0 Å². The molecular formula is C23H14Cl2O3. The highest BCUT2D eigenvalue weighted by molar-refractivity contribution is 6.41. The third kappa shape index (κ3) is 3.59. The molecule has 0 amide bonds. The molecule has 28 heavy (non-hydrogen) atoms. The molecule has 0 bridgehead atoms. The monoisotopic (exact) mass is 408 g/mol. The Morgan fingerprint density at radius 1 is 0.821 bits per heavy atom. The second kappa shape index (κ2) is 7.63. The van der Waals surface area contributed by atoms with Gasteiger partial charge in [-0.3, -0.25) is 9.59 Å². The summed E-state index contributed by atoms with van der Waals surface area (Å²) in [6.45, 7) is 0.277. The van der Waals surface area contributed by atoms with Crippen LogP contribution in [0.15, 0.2) is 72.3 Å². The molecule has 0 heterocycles. The van der Waals surface area contributed by atoms with Crippen LogP contribution in [0, 0.1) is 0 Å². The molecule has 1 aliphatic rings. The van der Waals surface area contributed by atoms with Crippen molar-refractivity contribution >= 4 is 40.8 Å². The lowest BCUT2D eigenvalue weighted by atomic mass is 10.1. The molecule has 0 atom stereocenters. The van der Waals surface area contributed by atoms with E-state index in [-0.39, 0.29) is 23.7 Å². The van der Waals surface area contributed by atoms with Gasteiger partial charge in [0.2, 0.25) is 0 Å². The number of carbonyl (C=O) groups excluding carboxylic acids is 2. The fourth-order valence-electron chi connectivity index (χ4n) is 3.06. The second-order valence-corrected chi connectivity index (χ2v) is 7.20. The van der Waals surface area contributed by atoms with Crippen molar-refractivity contribution in [2.45, 2.75) is 6.61 Å². The third-order valence-electron chi connectivity index (χ3n) is 4.48. The minimum Gasteiger partial charge on any atom is -0.489 e. The van der Waals surface area contributed by atoms with Crippen LogP contribution in [0.3, 0.4) is 0 Å². The summed E-state index contributed by atoms with van der Waals surface area (Å²) in [6, 6.07) is 19.3. The molecule has 3 aromatic carbocycles. The first-order valence-electron chi connectivity index (χ1n) is 8.60. The van der Waals surface area contributed by atoms with Crippen LogP contribution in [-0.4, -0.2) is 11.6 Å². The zero-order valence-electron chi connectivity index (χ0n) is 14.6. The van der Waals surface area contributed by atoms with Gasteiger partial charge in [-0.2, -0.15) is 0 Å². The van der Waals surface area contributed by atoms with Gasteiger partial charge in [-0.25, -0.2) is 0 Å². The van der Waals surface area contributed by atoms with Gasteiger partial charge in [0, 0.05) is 26.7 Å². The molecule has 5 heteroatoms. The van der Waals surface area contributed by atoms with Gasteiger partial charge in [-0.05, 0) is 35.9 Å². The molecule has 0 aromatic heterocycles. The first-order valence-corrected chi connectivity index (χ1v) is 9.35. The molecule has 0 radical (unpaired) electrons. The number of hydrogen-bond acceptors (Lipinski definition) is 3. The zero-order chi connectivity index (χ0) is 19.7. The second-order valence-electron chi connectivity index (χ2n) is 6.36. The van der Waals surface area contributed by atoms with Crippen LogP contribution in [-0.2, 0) is 6.61 Å². The van der Waals surface area contributed by atoms with E-state index in [1.54, 1.807) is 54.6 Å². The Morgan fingerprint density at radius 2 is 1.54 bits per heavy atom. The van der Waals surface area contributed by atoms with Crippen LogP contribution in [0.4, 0.5) is 0 Å². The number of ketones is 2. The van der Waals surface area contributed by atoms with Gasteiger partial charge in [0.1, 0.15) is 12.4 Å². The Hall–Kier alpha value is -2.88. The molecule has 0 N–H and O–H groups in total. The molecule has 0 saturated carbocycles. The van der Waals surface area contributed by atoms with Crippen LogP contribution in [0.25, 0.3) is 6.08 Å². The van der Waals surface area contributed by atoms with Crippen molar-refractivity contribution in [2.24, 2.45) is 0 Å². The van der Waals surface area contributed by atoms with E-state index in [2.05, 4.69) is 0 Å². The van der Waals surface area contributed by atoms with Gasteiger partial charge in [0.25, 0.3) is 0 Å². The van der Waals surface area contributed by atoms with E-state index in [1.807, 2.05) is 18.2 Å². The predicted octanol–water partition coefficient (Wildman–Crippen LogP) is 6.04. The Bertz CT molecular complexity index is 1100. The fraction of sp³-hybridized carbons (Fsp3) is 0.0435. The summed E-state index contributed by atoms with van der Waals surface area (Å²) in [5.41, 5.74) is 2.58. The summed E-state index contributed by atoms with van der Waals surface area (Å²) in [5.74, 6) is 0.107. The standard InChI is InChI=1S/C23H14Cl2O3/c24-16-9-8-15(21(25)12-16)13-28-17-5-3-4-14(10-17)11-20-22(26)18-6-1-2-7-19(18)23(20)27/h1-12H,13H2. The van der Waals surface area contributed by atoms with Crippen molar-refractivity contribution in [3.05, 3.63) is 105 Å². The number of allylic oxidation sites excluding steroid dienone is 1. The Balaban J connectivity index is 1.55. The lowest BCUT2D eigenvalue weighted by molar-refractivity contribution is 0.0990. The van der Waals surface area contributed by atoms with E-state index in [0.717, 1.165) is 5.56 Å². The van der Waals surface area contributed by atoms with Gasteiger partial charge < -0.3 is 4.74 Å². The molecule has 0 saturated heterocycles. The summed E-state index contributed by atoms with van der Waals surface area (Å²) in [4.78, 5) is 25.1. The Morgan fingerprint density at radius 3 is 2.21 bits per heavy atom. The minimum atomic E-state index is -0.250. The third-order valence-corrected chi connectivity index (χ3v) is 5.07. The van der Waals surface area contributed by atoms with Crippen LogP contribution >= 0.6 is 23.2 Å². The predicted molar refractivity (Wildman–Crippen MR) is 110 cm³/mol. The number of rotatable bonds is 4. The largest absolute Gasteiger partial charge is 0.489 e. The molecule has 138 valence electrons. The molecule has 3 nitrogen and oxygen atoms in total. The first-order chi connectivity index (χ1) is 13.5. The maximum Gasteiger partial charge on any atom is 0.197 e. The average molecular weight is 409 g/mol. The van der Waals surface area contributed by atoms with E-state index in [9.17, 15) is 9.59 Å². The summed E-state index contributed by atoms with van der Waals surface area (Å²) >= 11 is 12.1. The molecule has 0 aliphatic heterocycles. The highest BCUT2D eigenvalue weighted by atomic mass is 35.5. The van der Waals surface area contributed by atoms with Crippen molar-refractivity contribution in [3.63, 3.8) is 0 Å². The normalized spacial score (nSPS) is 12.9. The Kier molecular flexibility index (Phi) is 5.03. The van der Waals surface area contributed by atoms with Crippen molar-refractivity contribution in [1.82, 2.24) is 0 Å². The number of fused-ring (bicyclic) bond motifs is 1. The highest BCUT2D eigenvalue weighted by Gasteiger charge is 2.32. The number of hydrogen-bond donors (Lipinski definition) is 0. The molecule has 0 spiro atoms. The topological polar surface area (TPSA) is 43.4 Å². The lowest BCUT2D eigenvalue weighted by Crippen LogP contribution is -2.00. The fourth-order valence-corrected chi connectivity index (χ4v) is 3.53. The highest BCUT2D eigenvalue weighted by Crippen LogP contribution is 2.29. The number of benzene rings is 3. The minimum absolute atomic E-state index is 0.166. The average Bonchev–Trinajstić information content (AvgIpc) is 2.93. The Labute approximate surface area is 172 Å². The van der Waals surface area contributed by atoms with E-state index < -0.39 is 0 Å². The van der Waals surface area contributed by atoms with Gasteiger partial charge in [-0.1, -0.05) is 65.7 Å². The van der Waals surface area contributed by atoms with Crippen molar-refractivity contribution in [1.29, 1.82) is 0 Å². The van der Waals surface area contributed by atoms with Gasteiger partial charge in [0.15, 0.2) is 11.6 Å². The molecule has 3 aromatic rings. The summed E-state index contributed by atoms with van der Waals surface area (Å²) in [7, 11) is 0. The summed E-state index contributed by atoms with van der Waals surface area (Å²) in [5, 5.41) is 1.10. The van der Waals surface area contributed by atoms with E-state index in [4.69, 9.17) is 27.9 Å². The van der Waals surface area contributed by atoms with Gasteiger partial charge in [-0.15, -0.1) is 0 Å². The molecule has 1 aliphatic carbocycles. The first kappa shape index (κ1) is 18.5. The van der Waals surface area contributed by atoms with E-state index in [1.165, 1.54) is 0 Å².